The van der Waals surface area contributed by atoms with Crippen molar-refractivity contribution in [2.45, 2.75) is 32.0 Å². The predicted octanol–water partition coefficient (Wildman–Crippen LogP) is 1.19. The number of nitrogens with two attached hydrogens (primary N) is 1. The van der Waals surface area contributed by atoms with Gasteiger partial charge in [-0.05, 0) is 47.8 Å². The number of hydrogen-bond acceptors (Lipinski definition) is 4. The second kappa shape index (κ2) is 3.46. The highest BCUT2D eigenvalue weighted by Crippen LogP contribution is 2.44. The minimum absolute atomic E-state index is 0.165. The van der Waals surface area contributed by atoms with Crippen LogP contribution in [0.25, 0.3) is 5.70 Å². The fraction of sp³-hybridized carbons (Fsp3) is 0.545. The van der Waals surface area contributed by atoms with Crippen LogP contribution in [-0.2, 0) is 0 Å². The van der Waals surface area contributed by atoms with Crippen molar-refractivity contribution in [3.05, 3.63) is 23.5 Å². The fourth-order valence-corrected chi connectivity index (χ4v) is 2.15. The molecule has 90 valence electrons. The standard InChI is InChI=1S/C11H14FN5/c1-7-14-15-16-17(7)10-4-5-11(12,13)6-9(10)8-2-3-8/h4,6,8H,2-3,5,13H2,1H3. The van der Waals surface area contributed by atoms with Crippen molar-refractivity contribution >= 4 is 5.70 Å². The maximum atomic E-state index is 13.8. The molecule has 1 heterocycles. The van der Waals surface area contributed by atoms with Crippen LogP contribution in [0, 0.1) is 12.8 Å². The van der Waals surface area contributed by atoms with E-state index in [4.69, 9.17) is 5.73 Å². The third-order valence-electron chi connectivity index (χ3n) is 3.17. The number of nitrogens with zero attached hydrogens (tertiary/aromatic N) is 4. The van der Waals surface area contributed by atoms with Gasteiger partial charge >= 0.3 is 0 Å². The van der Waals surface area contributed by atoms with Gasteiger partial charge in [-0.1, -0.05) is 6.08 Å². The highest BCUT2D eigenvalue weighted by molar-refractivity contribution is 5.68. The largest absolute Gasteiger partial charge is 0.296 e. The van der Waals surface area contributed by atoms with E-state index in [2.05, 4.69) is 15.5 Å². The molecule has 0 aliphatic heterocycles. The summed E-state index contributed by atoms with van der Waals surface area (Å²) in [7, 11) is 0. The smallest absolute Gasteiger partial charge is 0.182 e. The molecule has 2 N–H and O–H groups in total. The Hall–Kier alpha value is -1.56. The molecule has 1 aromatic heterocycles. The highest BCUT2D eigenvalue weighted by atomic mass is 19.1. The van der Waals surface area contributed by atoms with Crippen molar-refractivity contribution in [2.24, 2.45) is 11.7 Å². The summed E-state index contributed by atoms with van der Waals surface area (Å²) in [5.41, 5.74) is 7.36. The summed E-state index contributed by atoms with van der Waals surface area (Å²) in [6, 6.07) is 0. The number of halogens is 1. The van der Waals surface area contributed by atoms with E-state index < -0.39 is 5.79 Å². The van der Waals surface area contributed by atoms with Gasteiger partial charge in [-0.25, -0.2) is 4.39 Å². The van der Waals surface area contributed by atoms with Crippen LogP contribution in [0.15, 0.2) is 17.7 Å². The number of hydrogen-bond donors (Lipinski definition) is 1. The Kier molecular flexibility index (Phi) is 2.16. The molecular weight excluding hydrogens is 221 g/mol. The molecule has 6 heteroatoms. The summed E-state index contributed by atoms with van der Waals surface area (Å²) in [5, 5.41) is 11.4. The lowest BCUT2D eigenvalue weighted by molar-refractivity contribution is 0.240. The monoisotopic (exact) mass is 235 g/mol. The van der Waals surface area contributed by atoms with Gasteiger partial charge < -0.3 is 0 Å². The molecule has 0 spiro atoms. The number of tetrazole rings is 1. The first-order valence-corrected chi connectivity index (χ1v) is 5.73. The van der Waals surface area contributed by atoms with E-state index in [1.54, 1.807) is 10.8 Å². The van der Waals surface area contributed by atoms with Gasteiger partial charge in [0.15, 0.2) is 11.6 Å². The third-order valence-corrected chi connectivity index (χ3v) is 3.17. The second-order valence-corrected chi connectivity index (χ2v) is 4.73. The summed E-state index contributed by atoms with van der Waals surface area (Å²) in [4.78, 5) is 0. The van der Waals surface area contributed by atoms with Crippen LogP contribution in [0.2, 0.25) is 0 Å². The normalized spacial score (nSPS) is 28.9. The van der Waals surface area contributed by atoms with Crippen LogP contribution in [0.4, 0.5) is 4.39 Å². The van der Waals surface area contributed by atoms with E-state index in [9.17, 15) is 4.39 Å². The molecule has 0 saturated heterocycles. The number of alkyl halides is 1. The molecule has 1 fully saturated rings. The summed E-state index contributed by atoms with van der Waals surface area (Å²) < 4.78 is 15.5. The lowest BCUT2D eigenvalue weighted by Crippen LogP contribution is -2.34. The molecule has 0 radical (unpaired) electrons. The van der Waals surface area contributed by atoms with Crippen molar-refractivity contribution in [2.75, 3.05) is 0 Å². The molecule has 1 saturated carbocycles. The van der Waals surface area contributed by atoms with Crippen LogP contribution >= 0.6 is 0 Å². The average molecular weight is 235 g/mol. The van der Waals surface area contributed by atoms with Gasteiger partial charge in [-0.15, -0.1) is 5.10 Å². The Labute approximate surface area is 98.2 Å². The van der Waals surface area contributed by atoms with Gasteiger partial charge in [-0.2, -0.15) is 4.68 Å². The van der Waals surface area contributed by atoms with Crippen LogP contribution in [0.3, 0.4) is 0 Å². The number of allylic oxidation sites excluding steroid dienone is 2. The zero-order valence-corrected chi connectivity index (χ0v) is 9.60. The molecule has 3 rings (SSSR count). The fourth-order valence-electron chi connectivity index (χ4n) is 2.15. The number of aromatic nitrogens is 4. The van der Waals surface area contributed by atoms with Crippen LogP contribution in [0.5, 0.6) is 0 Å². The quantitative estimate of drug-likeness (QED) is 0.782. The highest BCUT2D eigenvalue weighted by Gasteiger charge is 2.36. The van der Waals surface area contributed by atoms with Gasteiger partial charge in [-0.3, -0.25) is 5.73 Å². The minimum atomic E-state index is -1.73. The van der Waals surface area contributed by atoms with Crippen molar-refractivity contribution in [3.63, 3.8) is 0 Å². The SMILES string of the molecule is Cc1nnnn1C1=CCC(N)(F)C=C1C1CC1. The number of rotatable bonds is 2. The molecule has 2 aliphatic rings. The van der Waals surface area contributed by atoms with Crippen LogP contribution in [-0.4, -0.2) is 26.0 Å². The topological polar surface area (TPSA) is 69.6 Å². The van der Waals surface area contributed by atoms with Gasteiger partial charge in [0, 0.05) is 6.42 Å². The zero-order chi connectivity index (χ0) is 12.0. The summed E-state index contributed by atoms with van der Waals surface area (Å²) in [5.74, 6) is -0.626. The minimum Gasteiger partial charge on any atom is -0.296 e. The third kappa shape index (κ3) is 1.88. The first-order valence-electron chi connectivity index (χ1n) is 5.73. The molecule has 5 nitrogen and oxygen atoms in total. The Morgan fingerprint density at radius 2 is 2.29 bits per heavy atom. The number of aryl methyl sites for hydroxylation is 1. The molecular formula is C11H14FN5. The Morgan fingerprint density at radius 1 is 1.53 bits per heavy atom. The lowest BCUT2D eigenvalue weighted by atomic mass is 9.95. The molecule has 0 bridgehead atoms. The molecule has 17 heavy (non-hydrogen) atoms. The van der Waals surface area contributed by atoms with Crippen LogP contribution < -0.4 is 5.73 Å². The van der Waals surface area contributed by atoms with Crippen molar-refractivity contribution in [3.8, 4) is 0 Å². The molecule has 0 aromatic carbocycles. The summed E-state index contributed by atoms with van der Waals surface area (Å²) in [6.45, 7) is 1.82. The molecule has 1 atom stereocenters. The van der Waals surface area contributed by atoms with Crippen molar-refractivity contribution in [1.29, 1.82) is 0 Å². The maximum Gasteiger partial charge on any atom is 0.182 e. The van der Waals surface area contributed by atoms with Gasteiger partial charge in [0.05, 0.1) is 5.70 Å². The van der Waals surface area contributed by atoms with Crippen molar-refractivity contribution < 1.29 is 4.39 Å². The first kappa shape index (κ1) is 10.6. The summed E-state index contributed by atoms with van der Waals surface area (Å²) >= 11 is 0. The van der Waals surface area contributed by atoms with Crippen LogP contribution in [0.1, 0.15) is 25.1 Å². The average Bonchev–Trinajstić information content (AvgIpc) is 3.02. The molecule has 2 aliphatic carbocycles. The maximum absolute atomic E-state index is 13.8. The Morgan fingerprint density at radius 3 is 2.88 bits per heavy atom. The predicted molar refractivity (Wildman–Crippen MR) is 60.3 cm³/mol. The Balaban J connectivity index is 2.02. The molecule has 1 aromatic rings. The van der Waals surface area contributed by atoms with Gasteiger partial charge in [0.2, 0.25) is 0 Å². The van der Waals surface area contributed by atoms with E-state index in [1.165, 1.54) is 6.08 Å². The van der Waals surface area contributed by atoms with E-state index in [-0.39, 0.29) is 6.42 Å². The summed E-state index contributed by atoms with van der Waals surface area (Å²) in [6.07, 6.45) is 5.65. The van der Waals surface area contributed by atoms with Crippen molar-refractivity contribution in [1.82, 2.24) is 20.2 Å². The second-order valence-electron chi connectivity index (χ2n) is 4.73. The lowest BCUT2D eigenvalue weighted by Gasteiger charge is -2.24. The Bertz CT molecular complexity index is 510. The van der Waals surface area contributed by atoms with Gasteiger partial charge in [0.1, 0.15) is 0 Å². The van der Waals surface area contributed by atoms with E-state index in [0.717, 1.165) is 24.1 Å². The van der Waals surface area contributed by atoms with E-state index in [1.807, 2.05) is 6.92 Å². The molecule has 0 amide bonds. The first-order chi connectivity index (χ1) is 8.07. The zero-order valence-electron chi connectivity index (χ0n) is 9.60. The van der Waals surface area contributed by atoms with E-state index in [0.29, 0.717) is 11.7 Å². The van der Waals surface area contributed by atoms with E-state index >= 15 is 0 Å². The molecule has 1 unspecified atom stereocenters. The van der Waals surface area contributed by atoms with Gasteiger partial charge in [0.25, 0.3) is 0 Å².